The topological polar surface area (TPSA) is 69.7 Å². The number of urea groups is 1. The van der Waals surface area contributed by atoms with Crippen LogP contribution < -0.4 is 5.32 Å². The minimum atomic E-state index is -1.14. The maximum Gasteiger partial charge on any atom is 0.325 e. The SMILES string of the molecule is C[C@@]1(c2ccc3c(c2)CCC3)NC(=O)N(CC(=O)N2CC=C(c3ccccc3)CC2)C1=O. The first kappa shape index (κ1) is 20.5. The highest BCUT2D eigenvalue weighted by Gasteiger charge is 2.50. The quantitative estimate of drug-likeness (QED) is 0.759. The lowest BCUT2D eigenvalue weighted by molar-refractivity contribution is -0.138. The highest BCUT2D eigenvalue weighted by Crippen LogP contribution is 2.32. The van der Waals surface area contributed by atoms with Gasteiger partial charge in [-0.1, -0.05) is 54.6 Å². The van der Waals surface area contributed by atoms with E-state index in [1.54, 1.807) is 11.8 Å². The fourth-order valence-corrected chi connectivity index (χ4v) is 4.96. The van der Waals surface area contributed by atoms with E-state index in [1.165, 1.54) is 22.3 Å². The number of nitrogens with one attached hydrogen (secondary N) is 1. The van der Waals surface area contributed by atoms with Gasteiger partial charge < -0.3 is 10.2 Å². The predicted molar refractivity (Wildman–Crippen MR) is 122 cm³/mol. The molecular weight excluding hydrogens is 402 g/mol. The van der Waals surface area contributed by atoms with Crippen LogP contribution in [0.2, 0.25) is 0 Å². The van der Waals surface area contributed by atoms with E-state index in [4.69, 9.17) is 0 Å². The van der Waals surface area contributed by atoms with Gasteiger partial charge in [0.05, 0.1) is 0 Å². The van der Waals surface area contributed by atoms with Gasteiger partial charge in [0, 0.05) is 13.1 Å². The number of aryl methyl sites for hydroxylation is 2. The molecule has 0 saturated carbocycles. The van der Waals surface area contributed by atoms with Gasteiger partial charge in [-0.15, -0.1) is 0 Å². The molecule has 32 heavy (non-hydrogen) atoms. The second kappa shape index (κ2) is 7.93. The Morgan fingerprint density at radius 3 is 2.56 bits per heavy atom. The second-order valence-corrected chi connectivity index (χ2v) is 8.97. The Balaban J connectivity index is 1.28. The van der Waals surface area contributed by atoms with E-state index >= 15 is 0 Å². The molecule has 1 saturated heterocycles. The summed E-state index contributed by atoms with van der Waals surface area (Å²) in [6.07, 6.45) is 5.98. The average molecular weight is 430 g/mol. The van der Waals surface area contributed by atoms with Gasteiger partial charge >= 0.3 is 6.03 Å². The van der Waals surface area contributed by atoms with Crippen LogP contribution in [0, 0.1) is 0 Å². The van der Waals surface area contributed by atoms with Crippen LogP contribution in [0.1, 0.15) is 42.0 Å². The molecule has 2 aromatic carbocycles. The number of rotatable bonds is 4. The van der Waals surface area contributed by atoms with Crippen molar-refractivity contribution in [3.05, 3.63) is 76.9 Å². The van der Waals surface area contributed by atoms with Gasteiger partial charge in [-0.3, -0.25) is 14.5 Å². The Morgan fingerprint density at radius 1 is 1.03 bits per heavy atom. The molecule has 6 nitrogen and oxygen atoms in total. The number of fused-ring (bicyclic) bond motifs is 1. The van der Waals surface area contributed by atoms with Crippen LogP contribution in [0.5, 0.6) is 0 Å². The molecule has 0 aromatic heterocycles. The molecule has 3 aliphatic rings. The van der Waals surface area contributed by atoms with Gasteiger partial charge in [0.2, 0.25) is 5.91 Å². The lowest BCUT2D eigenvalue weighted by Crippen LogP contribution is -2.45. The fourth-order valence-electron chi connectivity index (χ4n) is 4.96. The molecule has 0 unspecified atom stereocenters. The van der Waals surface area contributed by atoms with Crippen LogP contribution in [0.25, 0.3) is 5.57 Å². The van der Waals surface area contributed by atoms with E-state index in [-0.39, 0.29) is 18.4 Å². The van der Waals surface area contributed by atoms with Crippen LogP contribution in [0.4, 0.5) is 4.79 Å². The van der Waals surface area contributed by atoms with E-state index in [9.17, 15) is 14.4 Å². The van der Waals surface area contributed by atoms with Crippen molar-refractivity contribution in [2.45, 2.75) is 38.1 Å². The van der Waals surface area contributed by atoms with Crippen molar-refractivity contribution < 1.29 is 14.4 Å². The van der Waals surface area contributed by atoms with Crippen molar-refractivity contribution in [3.8, 4) is 0 Å². The molecule has 1 aliphatic carbocycles. The second-order valence-electron chi connectivity index (χ2n) is 8.97. The zero-order chi connectivity index (χ0) is 22.3. The molecule has 2 aliphatic heterocycles. The summed E-state index contributed by atoms with van der Waals surface area (Å²) in [4.78, 5) is 41.6. The van der Waals surface area contributed by atoms with Crippen molar-refractivity contribution in [1.82, 2.24) is 15.1 Å². The van der Waals surface area contributed by atoms with Crippen LogP contribution in [-0.4, -0.2) is 47.3 Å². The number of hydrogen-bond donors (Lipinski definition) is 1. The minimum absolute atomic E-state index is 0.213. The molecule has 1 fully saturated rings. The first-order valence-corrected chi connectivity index (χ1v) is 11.2. The molecular formula is C26H27N3O3. The molecule has 2 aromatic rings. The summed E-state index contributed by atoms with van der Waals surface area (Å²) in [6, 6.07) is 15.6. The van der Waals surface area contributed by atoms with E-state index in [0.29, 0.717) is 13.1 Å². The molecule has 0 bridgehead atoms. The third kappa shape index (κ3) is 3.49. The standard InChI is InChI=1S/C26H27N3O3/c1-26(22-11-10-19-8-5-9-21(19)16-22)24(31)29(25(32)27-26)17-23(30)28-14-12-20(13-15-28)18-6-3-2-4-7-18/h2-4,6-7,10-12,16H,5,8-9,13-15,17H2,1H3,(H,27,32)/t26-/m0/s1. The smallest absolute Gasteiger partial charge is 0.325 e. The maximum absolute atomic E-state index is 13.3. The summed E-state index contributed by atoms with van der Waals surface area (Å²) in [7, 11) is 0. The molecule has 6 heteroatoms. The third-order valence-electron chi connectivity index (χ3n) is 6.95. The molecule has 0 radical (unpaired) electrons. The Hall–Kier alpha value is -3.41. The van der Waals surface area contributed by atoms with Crippen molar-refractivity contribution in [2.24, 2.45) is 0 Å². The van der Waals surface area contributed by atoms with Crippen LogP contribution in [-0.2, 0) is 28.0 Å². The van der Waals surface area contributed by atoms with Crippen molar-refractivity contribution in [1.29, 1.82) is 0 Å². The number of hydrogen-bond acceptors (Lipinski definition) is 3. The van der Waals surface area contributed by atoms with Crippen LogP contribution in [0.15, 0.2) is 54.6 Å². The summed E-state index contributed by atoms with van der Waals surface area (Å²) >= 11 is 0. The van der Waals surface area contributed by atoms with E-state index in [1.807, 2.05) is 30.3 Å². The van der Waals surface area contributed by atoms with E-state index in [0.717, 1.165) is 36.1 Å². The number of carbonyl (C=O) groups excluding carboxylic acids is 3. The Kier molecular flexibility index (Phi) is 5.08. The predicted octanol–water partition coefficient (Wildman–Crippen LogP) is 3.26. The van der Waals surface area contributed by atoms with Crippen molar-refractivity contribution in [2.75, 3.05) is 19.6 Å². The third-order valence-corrected chi connectivity index (χ3v) is 6.95. The van der Waals surface area contributed by atoms with Crippen LogP contribution >= 0.6 is 0 Å². The highest BCUT2D eigenvalue weighted by molar-refractivity contribution is 6.09. The Morgan fingerprint density at radius 2 is 1.81 bits per heavy atom. The first-order valence-electron chi connectivity index (χ1n) is 11.2. The Bertz CT molecular complexity index is 1120. The summed E-state index contributed by atoms with van der Waals surface area (Å²) < 4.78 is 0. The number of imide groups is 1. The zero-order valence-corrected chi connectivity index (χ0v) is 18.3. The highest BCUT2D eigenvalue weighted by atomic mass is 16.2. The van der Waals surface area contributed by atoms with Crippen LogP contribution in [0.3, 0.4) is 0 Å². The molecule has 2 heterocycles. The van der Waals surface area contributed by atoms with Gasteiger partial charge in [-0.2, -0.15) is 0 Å². The van der Waals surface area contributed by atoms with Gasteiger partial charge in [0.1, 0.15) is 12.1 Å². The number of carbonyl (C=O) groups is 3. The molecule has 1 atom stereocenters. The number of benzene rings is 2. The van der Waals surface area contributed by atoms with E-state index < -0.39 is 11.6 Å². The molecule has 164 valence electrons. The minimum Gasteiger partial charge on any atom is -0.337 e. The monoisotopic (exact) mass is 429 g/mol. The van der Waals surface area contributed by atoms with E-state index in [2.05, 4.69) is 29.6 Å². The largest absolute Gasteiger partial charge is 0.337 e. The Labute approximate surface area is 187 Å². The lowest BCUT2D eigenvalue weighted by atomic mass is 9.89. The first-order chi connectivity index (χ1) is 15.5. The van der Waals surface area contributed by atoms with Gasteiger partial charge in [-0.05, 0) is 60.4 Å². The number of nitrogens with zero attached hydrogens (tertiary/aromatic N) is 2. The molecule has 0 spiro atoms. The summed E-state index contributed by atoms with van der Waals surface area (Å²) in [5.41, 5.74) is 4.58. The maximum atomic E-state index is 13.3. The number of amides is 4. The summed E-state index contributed by atoms with van der Waals surface area (Å²) in [5.74, 6) is -0.582. The molecule has 1 N–H and O–H groups in total. The summed E-state index contributed by atoms with van der Waals surface area (Å²) in [6.45, 7) is 2.55. The fraction of sp³-hybridized carbons (Fsp3) is 0.346. The molecule has 5 rings (SSSR count). The van der Waals surface area contributed by atoms with Gasteiger partial charge in [-0.25, -0.2) is 4.79 Å². The van der Waals surface area contributed by atoms with Gasteiger partial charge in [0.15, 0.2) is 0 Å². The van der Waals surface area contributed by atoms with Crippen molar-refractivity contribution >= 4 is 23.4 Å². The molecule has 4 amide bonds. The average Bonchev–Trinajstić information content (AvgIpc) is 3.38. The van der Waals surface area contributed by atoms with Gasteiger partial charge in [0.25, 0.3) is 5.91 Å². The normalized spacial score (nSPS) is 22.6. The summed E-state index contributed by atoms with van der Waals surface area (Å²) in [5, 5.41) is 2.83. The zero-order valence-electron chi connectivity index (χ0n) is 18.3. The van der Waals surface area contributed by atoms with Crippen molar-refractivity contribution in [3.63, 3.8) is 0 Å². The lowest BCUT2D eigenvalue weighted by Gasteiger charge is -2.28.